The van der Waals surface area contributed by atoms with Crippen LogP contribution < -0.4 is 0 Å². The van der Waals surface area contributed by atoms with Gasteiger partial charge in [0, 0.05) is 20.5 Å². The lowest BCUT2D eigenvalue weighted by Gasteiger charge is -2.01. The predicted octanol–water partition coefficient (Wildman–Crippen LogP) is 4.07. The number of aryl methyl sites for hydroxylation is 1. The van der Waals surface area contributed by atoms with E-state index in [0.717, 1.165) is 19.8 Å². The number of nitrogens with zero attached hydrogens (tertiary/aromatic N) is 1. The quantitative estimate of drug-likeness (QED) is 0.715. The summed E-state index contributed by atoms with van der Waals surface area (Å²) < 4.78 is 2.13. The summed E-state index contributed by atoms with van der Waals surface area (Å²) >= 11 is 6.90. The molecule has 1 nitrogen and oxygen atoms in total. The van der Waals surface area contributed by atoms with Crippen LogP contribution in [0.4, 0.5) is 0 Å². The zero-order valence-corrected chi connectivity index (χ0v) is 10.2. The van der Waals surface area contributed by atoms with Crippen LogP contribution in [0.5, 0.6) is 0 Å². The van der Waals surface area contributed by atoms with E-state index in [4.69, 9.17) is 0 Å². The maximum atomic E-state index is 4.31. The lowest BCUT2D eigenvalue weighted by Crippen LogP contribution is -1.82. The first-order valence-corrected chi connectivity index (χ1v) is 5.47. The first kappa shape index (κ1) is 9.16. The lowest BCUT2D eigenvalue weighted by molar-refractivity contribution is 1.36. The molecule has 0 aliphatic heterocycles. The van der Waals surface area contributed by atoms with Crippen molar-refractivity contribution < 1.29 is 0 Å². The number of halogens is 2. The van der Waals surface area contributed by atoms with E-state index in [1.165, 1.54) is 5.56 Å². The van der Waals surface area contributed by atoms with E-state index in [2.05, 4.69) is 62.0 Å². The van der Waals surface area contributed by atoms with Gasteiger partial charge in [-0.3, -0.25) is 4.98 Å². The fourth-order valence-corrected chi connectivity index (χ4v) is 1.94. The van der Waals surface area contributed by atoms with E-state index in [-0.39, 0.29) is 0 Å². The first-order valence-electron chi connectivity index (χ1n) is 3.88. The fraction of sp³-hybridized carbons (Fsp3) is 0.100. The molecule has 0 radical (unpaired) electrons. The van der Waals surface area contributed by atoms with Crippen LogP contribution in [0, 0.1) is 6.92 Å². The molecule has 13 heavy (non-hydrogen) atoms. The maximum absolute atomic E-state index is 4.31. The van der Waals surface area contributed by atoms with Gasteiger partial charge in [0.25, 0.3) is 0 Å². The second-order valence-corrected chi connectivity index (χ2v) is 4.72. The molecule has 0 amide bonds. The minimum absolute atomic E-state index is 1.01. The predicted molar refractivity (Wildman–Crippen MR) is 61.9 cm³/mol. The van der Waals surface area contributed by atoms with Gasteiger partial charge in [-0.2, -0.15) is 0 Å². The molecule has 1 heterocycles. The van der Waals surface area contributed by atoms with Crippen LogP contribution in [0.25, 0.3) is 10.9 Å². The normalized spacial score (nSPS) is 10.7. The molecule has 0 N–H and O–H groups in total. The van der Waals surface area contributed by atoms with Gasteiger partial charge >= 0.3 is 0 Å². The molecule has 2 rings (SSSR count). The van der Waals surface area contributed by atoms with E-state index >= 15 is 0 Å². The Kier molecular flexibility index (Phi) is 2.39. The Morgan fingerprint density at radius 2 is 1.92 bits per heavy atom. The Hall–Kier alpha value is -0.410. The van der Waals surface area contributed by atoms with Gasteiger partial charge in [-0.05, 0) is 46.6 Å². The second-order valence-electron chi connectivity index (χ2n) is 2.95. The summed E-state index contributed by atoms with van der Waals surface area (Å²) in [6, 6.07) is 6.22. The van der Waals surface area contributed by atoms with Crippen molar-refractivity contribution in [2.45, 2.75) is 6.92 Å². The zero-order valence-electron chi connectivity index (χ0n) is 7.01. The van der Waals surface area contributed by atoms with Crippen molar-refractivity contribution in [1.29, 1.82) is 0 Å². The van der Waals surface area contributed by atoms with Crippen LogP contribution in [-0.2, 0) is 0 Å². The molecule has 0 aliphatic carbocycles. The first-order chi connectivity index (χ1) is 6.16. The highest BCUT2D eigenvalue weighted by Gasteiger charge is 2.00. The number of hydrogen-bond acceptors (Lipinski definition) is 1. The van der Waals surface area contributed by atoms with Gasteiger partial charge in [0.2, 0.25) is 0 Å². The van der Waals surface area contributed by atoms with Crippen molar-refractivity contribution in [3.05, 3.63) is 38.9 Å². The molecule has 1 aromatic carbocycles. The van der Waals surface area contributed by atoms with E-state index in [9.17, 15) is 0 Å². The lowest BCUT2D eigenvalue weighted by atomic mass is 10.1. The SMILES string of the molecule is Cc1cc2ncc(Br)cc2cc1Br. The third-order valence-electron chi connectivity index (χ3n) is 1.93. The number of benzene rings is 1. The van der Waals surface area contributed by atoms with Gasteiger partial charge in [-0.15, -0.1) is 0 Å². The van der Waals surface area contributed by atoms with Crippen molar-refractivity contribution in [1.82, 2.24) is 4.98 Å². The number of fused-ring (bicyclic) bond motifs is 1. The Morgan fingerprint density at radius 3 is 2.69 bits per heavy atom. The molecule has 3 heteroatoms. The molecule has 0 saturated carbocycles. The topological polar surface area (TPSA) is 12.9 Å². The van der Waals surface area contributed by atoms with E-state index in [1.54, 1.807) is 0 Å². The highest BCUT2D eigenvalue weighted by atomic mass is 79.9. The minimum atomic E-state index is 1.01. The maximum Gasteiger partial charge on any atom is 0.0706 e. The van der Waals surface area contributed by atoms with Crippen LogP contribution in [0.3, 0.4) is 0 Å². The third-order valence-corrected chi connectivity index (χ3v) is 3.22. The van der Waals surface area contributed by atoms with Crippen molar-refractivity contribution >= 4 is 42.8 Å². The minimum Gasteiger partial charge on any atom is -0.255 e. The summed E-state index contributed by atoms with van der Waals surface area (Å²) in [7, 11) is 0. The van der Waals surface area contributed by atoms with Crippen molar-refractivity contribution in [2.24, 2.45) is 0 Å². The van der Waals surface area contributed by atoms with Crippen molar-refractivity contribution in [3.63, 3.8) is 0 Å². The third kappa shape index (κ3) is 1.76. The van der Waals surface area contributed by atoms with Crippen molar-refractivity contribution in [2.75, 3.05) is 0 Å². The van der Waals surface area contributed by atoms with Gasteiger partial charge < -0.3 is 0 Å². The molecule has 0 aliphatic rings. The van der Waals surface area contributed by atoms with Crippen LogP contribution >= 0.6 is 31.9 Å². The number of aromatic nitrogens is 1. The molecule has 66 valence electrons. The molecule has 0 unspecified atom stereocenters. The molecule has 0 fully saturated rings. The van der Waals surface area contributed by atoms with Crippen molar-refractivity contribution in [3.8, 4) is 0 Å². The van der Waals surface area contributed by atoms with Crippen LogP contribution in [0.1, 0.15) is 5.56 Å². The number of pyridine rings is 1. The molecular formula is C10H7Br2N. The Balaban J connectivity index is 2.81. The van der Waals surface area contributed by atoms with Gasteiger partial charge in [-0.25, -0.2) is 0 Å². The van der Waals surface area contributed by atoms with E-state index < -0.39 is 0 Å². The number of rotatable bonds is 0. The van der Waals surface area contributed by atoms with Crippen LogP contribution in [0.15, 0.2) is 33.3 Å². The summed E-state index contributed by atoms with van der Waals surface area (Å²) in [5.41, 5.74) is 2.24. The summed E-state index contributed by atoms with van der Waals surface area (Å²) in [5, 5.41) is 1.15. The van der Waals surface area contributed by atoms with Gasteiger partial charge in [0.15, 0.2) is 0 Å². The van der Waals surface area contributed by atoms with Crippen LogP contribution in [-0.4, -0.2) is 4.98 Å². The Morgan fingerprint density at radius 1 is 1.15 bits per heavy atom. The molecule has 1 aromatic heterocycles. The Bertz CT molecular complexity index is 466. The highest BCUT2D eigenvalue weighted by Crippen LogP contribution is 2.24. The standard InChI is InChI=1S/C10H7Br2N/c1-6-2-10-7(4-9(6)12)3-8(11)5-13-10/h2-5H,1H3. The van der Waals surface area contributed by atoms with E-state index in [1.807, 2.05) is 6.20 Å². The smallest absolute Gasteiger partial charge is 0.0706 e. The highest BCUT2D eigenvalue weighted by molar-refractivity contribution is 9.10. The average Bonchev–Trinajstić information content (AvgIpc) is 2.08. The summed E-state index contributed by atoms with van der Waals surface area (Å²) in [5.74, 6) is 0. The van der Waals surface area contributed by atoms with Gasteiger partial charge in [0.1, 0.15) is 0 Å². The molecule has 0 spiro atoms. The second kappa shape index (κ2) is 3.39. The number of hydrogen-bond donors (Lipinski definition) is 0. The molecule has 0 saturated heterocycles. The molecular weight excluding hydrogens is 294 g/mol. The largest absolute Gasteiger partial charge is 0.255 e. The zero-order chi connectivity index (χ0) is 9.42. The van der Waals surface area contributed by atoms with Crippen LogP contribution in [0.2, 0.25) is 0 Å². The van der Waals surface area contributed by atoms with Gasteiger partial charge in [0.05, 0.1) is 5.52 Å². The van der Waals surface area contributed by atoms with Gasteiger partial charge in [-0.1, -0.05) is 15.9 Å². The average molecular weight is 301 g/mol. The Labute approximate surface area is 93.4 Å². The summed E-state index contributed by atoms with van der Waals surface area (Å²) in [6.07, 6.45) is 1.82. The molecule has 0 atom stereocenters. The molecule has 0 bridgehead atoms. The summed E-state index contributed by atoms with van der Waals surface area (Å²) in [4.78, 5) is 4.31. The summed E-state index contributed by atoms with van der Waals surface area (Å²) in [6.45, 7) is 2.06. The fourth-order valence-electron chi connectivity index (χ4n) is 1.23. The monoisotopic (exact) mass is 299 g/mol. The van der Waals surface area contributed by atoms with E-state index in [0.29, 0.717) is 0 Å². The molecule has 2 aromatic rings.